The fraction of sp³-hybridized carbons (Fsp3) is 0.424. The van der Waals surface area contributed by atoms with E-state index in [9.17, 15) is 9.90 Å². The van der Waals surface area contributed by atoms with E-state index < -0.39 is 17.2 Å². The molecule has 6 rings (SSSR count). The minimum Gasteiger partial charge on any atom is -0.493 e. The summed E-state index contributed by atoms with van der Waals surface area (Å²) in [6.45, 7) is 5.81. The first-order chi connectivity index (χ1) is 19.1. The normalized spacial score (nSPS) is 25.2. The number of halogens is 1. The molecule has 0 unspecified atom stereocenters. The maximum absolute atomic E-state index is 13.8. The van der Waals surface area contributed by atoms with Crippen molar-refractivity contribution in [2.45, 2.75) is 82.3 Å². The van der Waals surface area contributed by atoms with Gasteiger partial charge in [0.2, 0.25) is 5.91 Å². The lowest BCUT2D eigenvalue weighted by atomic mass is 9.73. The van der Waals surface area contributed by atoms with E-state index in [1.807, 2.05) is 86.3 Å². The van der Waals surface area contributed by atoms with E-state index in [1.54, 1.807) is 7.11 Å². The summed E-state index contributed by atoms with van der Waals surface area (Å²) in [5, 5.41) is 12.3. The topological polar surface area (TPSA) is 68.2 Å². The van der Waals surface area contributed by atoms with Gasteiger partial charge in [-0.3, -0.25) is 4.79 Å². The van der Waals surface area contributed by atoms with Crippen molar-refractivity contribution < 1.29 is 24.1 Å². The van der Waals surface area contributed by atoms with Crippen molar-refractivity contribution in [3.63, 3.8) is 0 Å². The molecule has 2 atom stereocenters. The predicted molar refractivity (Wildman–Crippen MR) is 155 cm³/mol. The lowest BCUT2D eigenvalue weighted by Gasteiger charge is -2.41. The highest BCUT2D eigenvalue weighted by Crippen LogP contribution is 2.53. The molecule has 2 fully saturated rings. The zero-order chi connectivity index (χ0) is 28.2. The molecule has 2 saturated heterocycles. The molecule has 0 radical (unpaired) electrons. The molecule has 3 aromatic carbocycles. The Balaban J connectivity index is 1.42. The van der Waals surface area contributed by atoms with Crippen molar-refractivity contribution in [2.24, 2.45) is 0 Å². The Bertz CT molecular complexity index is 1410. The summed E-state index contributed by atoms with van der Waals surface area (Å²) in [4.78, 5) is 15.7. The molecule has 7 heteroatoms. The second-order valence-electron chi connectivity index (χ2n) is 11.7. The minimum absolute atomic E-state index is 0.0251. The van der Waals surface area contributed by atoms with Crippen LogP contribution in [0.2, 0.25) is 5.02 Å². The van der Waals surface area contributed by atoms with Gasteiger partial charge in [-0.2, -0.15) is 0 Å². The number of amides is 1. The highest BCUT2D eigenvalue weighted by atomic mass is 35.5. The summed E-state index contributed by atoms with van der Waals surface area (Å²) < 4.78 is 18.0. The van der Waals surface area contributed by atoms with E-state index in [4.69, 9.17) is 25.8 Å². The number of benzene rings is 3. The number of nitrogens with zero attached hydrogens (tertiary/aromatic N) is 1. The Kier molecular flexibility index (Phi) is 6.84. The number of hydrogen-bond acceptors (Lipinski definition) is 5. The lowest BCUT2D eigenvalue weighted by molar-refractivity contribution is -0.146. The average molecular weight is 562 g/mol. The molecule has 1 N–H and O–H groups in total. The quantitative estimate of drug-likeness (QED) is 0.346. The van der Waals surface area contributed by atoms with Crippen molar-refractivity contribution in [3.05, 3.63) is 87.9 Å². The van der Waals surface area contributed by atoms with Crippen LogP contribution in [-0.2, 0) is 21.6 Å². The zero-order valence-electron chi connectivity index (χ0n) is 23.4. The molecule has 3 heterocycles. The second-order valence-corrected chi connectivity index (χ2v) is 12.1. The number of aliphatic hydroxyl groups is 1. The molecular formula is C33H36ClNO5. The largest absolute Gasteiger partial charge is 0.493 e. The molecule has 0 aromatic heterocycles. The molecule has 2 bridgehead atoms. The predicted octanol–water partition coefficient (Wildman–Crippen LogP) is 6.73. The van der Waals surface area contributed by atoms with Crippen molar-refractivity contribution >= 4 is 23.2 Å². The van der Waals surface area contributed by atoms with Gasteiger partial charge in [-0.15, -0.1) is 0 Å². The van der Waals surface area contributed by atoms with Crippen molar-refractivity contribution in [1.29, 1.82) is 0 Å². The van der Waals surface area contributed by atoms with Gasteiger partial charge in [-0.1, -0.05) is 35.9 Å². The highest BCUT2D eigenvalue weighted by molar-refractivity contribution is 6.30. The maximum atomic E-state index is 13.8. The van der Waals surface area contributed by atoms with Gasteiger partial charge in [0.05, 0.1) is 31.8 Å². The molecule has 210 valence electrons. The molecule has 1 amide bonds. The van der Waals surface area contributed by atoms with Gasteiger partial charge in [-0.25, -0.2) is 0 Å². The van der Waals surface area contributed by atoms with Gasteiger partial charge in [0.15, 0.2) is 11.5 Å². The van der Waals surface area contributed by atoms with Crippen molar-refractivity contribution in [1.82, 2.24) is 0 Å². The van der Waals surface area contributed by atoms with E-state index in [2.05, 4.69) is 0 Å². The van der Waals surface area contributed by atoms with Crippen LogP contribution in [0.15, 0.2) is 60.7 Å². The van der Waals surface area contributed by atoms with Crippen molar-refractivity contribution in [2.75, 3.05) is 12.0 Å². The molecule has 6 nitrogen and oxygen atoms in total. The summed E-state index contributed by atoms with van der Waals surface area (Å²) in [5.41, 5.74) is 2.70. The third kappa shape index (κ3) is 4.47. The van der Waals surface area contributed by atoms with E-state index in [0.717, 1.165) is 53.6 Å². The molecule has 3 aromatic rings. The summed E-state index contributed by atoms with van der Waals surface area (Å²) in [5.74, 6) is 1.22. The number of rotatable bonds is 7. The monoisotopic (exact) mass is 561 g/mol. The number of fused-ring (bicyclic) bond motifs is 3. The lowest BCUT2D eigenvalue weighted by Crippen LogP contribution is -2.48. The third-order valence-corrected chi connectivity index (χ3v) is 9.12. The maximum Gasteiger partial charge on any atom is 0.232 e. The smallest absolute Gasteiger partial charge is 0.232 e. The van der Waals surface area contributed by atoms with Crippen LogP contribution >= 0.6 is 11.6 Å². The number of carbonyl (C=O) groups is 1. The van der Waals surface area contributed by atoms with Crippen LogP contribution in [0.5, 0.6) is 11.5 Å². The molecule has 0 spiro atoms. The van der Waals surface area contributed by atoms with Crippen LogP contribution in [-0.4, -0.2) is 35.9 Å². The number of anilines is 1. The number of hydrogen-bond donors (Lipinski definition) is 1. The Labute approximate surface area is 240 Å². The second kappa shape index (κ2) is 10.1. The van der Waals surface area contributed by atoms with E-state index in [-0.39, 0.29) is 24.5 Å². The fourth-order valence-corrected chi connectivity index (χ4v) is 6.88. The summed E-state index contributed by atoms with van der Waals surface area (Å²) in [6, 6.07) is 18.9. The number of ether oxygens (including phenoxy) is 3. The standard InChI is InChI=1S/C33H36ClNO5/c1-20(2)39-29-19-27-22(17-28(29)38-4)18-30(36)35(31(27)21-5-9-24(34)10-6-21)25-11-7-23(8-12-25)32(3,37)33-15-13-26(40-33)14-16-33/h5-12,17,19-20,26,31,37H,13-16,18H2,1-4H3/t26?,31-,32+,33?/m0/s1. The van der Waals surface area contributed by atoms with E-state index in [0.29, 0.717) is 16.5 Å². The molecule has 3 aliphatic rings. The Morgan fingerprint density at radius 2 is 1.73 bits per heavy atom. The summed E-state index contributed by atoms with van der Waals surface area (Å²) in [7, 11) is 1.61. The van der Waals surface area contributed by atoms with Crippen LogP contribution in [0.25, 0.3) is 0 Å². The fourth-order valence-electron chi connectivity index (χ4n) is 6.75. The number of carbonyl (C=O) groups excluding carboxylic acids is 1. The zero-order valence-corrected chi connectivity index (χ0v) is 24.2. The van der Waals surface area contributed by atoms with Gasteiger partial charge in [0, 0.05) is 10.7 Å². The SMILES string of the molecule is COc1cc2c(cc1OC(C)C)[C@H](c1ccc(Cl)cc1)N(c1ccc([C@@](C)(O)C34CCC(CC3)O4)cc1)C(=O)C2. The van der Waals surface area contributed by atoms with Crippen LogP contribution in [0, 0.1) is 0 Å². The van der Waals surface area contributed by atoms with Crippen LogP contribution in [0.3, 0.4) is 0 Å². The minimum atomic E-state index is -1.12. The van der Waals surface area contributed by atoms with Gasteiger partial charge in [0.25, 0.3) is 0 Å². The molecule has 0 saturated carbocycles. The first kappa shape index (κ1) is 27.1. The van der Waals surface area contributed by atoms with Crippen LogP contribution in [0.1, 0.15) is 74.8 Å². The molecule has 0 aliphatic carbocycles. The average Bonchev–Trinajstić information content (AvgIpc) is 3.56. The summed E-state index contributed by atoms with van der Waals surface area (Å²) >= 11 is 6.24. The van der Waals surface area contributed by atoms with Crippen LogP contribution in [0.4, 0.5) is 5.69 Å². The first-order valence-corrected chi connectivity index (χ1v) is 14.5. The van der Waals surface area contributed by atoms with Gasteiger partial charge < -0.3 is 24.2 Å². The Hall–Kier alpha value is -3.06. The van der Waals surface area contributed by atoms with Gasteiger partial charge >= 0.3 is 0 Å². The Morgan fingerprint density at radius 1 is 1.05 bits per heavy atom. The van der Waals surface area contributed by atoms with Gasteiger partial charge in [0.1, 0.15) is 11.2 Å². The Morgan fingerprint density at radius 3 is 2.30 bits per heavy atom. The first-order valence-electron chi connectivity index (χ1n) is 14.1. The molecular weight excluding hydrogens is 526 g/mol. The van der Waals surface area contributed by atoms with Crippen molar-refractivity contribution in [3.8, 4) is 11.5 Å². The summed E-state index contributed by atoms with van der Waals surface area (Å²) in [6.07, 6.45) is 4.14. The highest BCUT2D eigenvalue weighted by Gasteiger charge is 2.57. The van der Waals surface area contributed by atoms with Crippen LogP contribution < -0.4 is 14.4 Å². The van der Waals surface area contributed by atoms with Gasteiger partial charge in [-0.05, 0) is 105 Å². The number of methoxy groups -OCH3 is 1. The molecule has 3 aliphatic heterocycles. The van der Waals surface area contributed by atoms with E-state index in [1.165, 1.54) is 0 Å². The third-order valence-electron chi connectivity index (χ3n) is 8.86. The molecule has 40 heavy (non-hydrogen) atoms. The van der Waals surface area contributed by atoms with E-state index >= 15 is 0 Å².